The first-order valence-corrected chi connectivity index (χ1v) is 17.7. The van der Waals surface area contributed by atoms with E-state index in [4.69, 9.17) is 9.47 Å². The van der Waals surface area contributed by atoms with E-state index in [2.05, 4.69) is 58.8 Å². The molecular weight excluding hydrogens is 628 g/mol. The van der Waals surface area contributed by atoms with Crippen molar-refractivity contribution in [1.29, 1.82) is 0 Å². The summed E-state index contributed by atoms with van der Waals surface area (Å²) in [5, 5.41) is 3.00. The highest BCUT2D eigenvalue weighted by Crippen LogP contribution is 2.26. The van der Waals surface area contributed by atoms with E-state index in [0.717, 1.165) is 36.1 Å². The van der Waals surface area contributed by atoms with E-state index in [0.29, 0.717) is 38.3 Å². The van der Waals surface area contributed by atoms with Crippen LogP contribution in [0, 0.1) is 0 Å². The van der Waals surface area contributed by atoms with E-state index in [1.54, 1.807) is 0 Å². The third-order valence-corrected chi connectivity index (χ3v) is 8.69. The van der Waals surface area contributed by atoms with Crippen LogP contribution in [-0.2, 0) is 27.4 Å². The molecule has 266 valence electrons. The lowest BCUT2D eigenvalue weighted by atomic mass is 10.1. The van der Waals surface area contributed by atoms with Crippen LogP contribution in [0.3, 0.4) is 0 Å². The first-order chi connectivity index (χ1) is 23.7. The average Bonchev–Trinajstić information content (AvgIpc) is 3.75. The van der Waals surface area contributed by atoms with Crippen molar-refractivity contribution < 1.29 is 23.9 Å². The lowest BCUT2D eigenvalue weighted by Gasteiger charge is -2.28. The Hall–Kier alpha value is -4.79. The van der Waals surface area contributed by atoms with Crippen LogP contribution < -0.4 is 10.2 Å². The number of benzene rings is 3. The zero-order valence-electron chi connectivity index (χ0n) is 30.4. The summed E-state index contributed by atoms with van der Waals surface area (Å²) >= 11 is 0. The van der Waals surface area contributed by atoms with Gasteiger partial charge in [-0.05, 0) is 108 Å². The Morgan fingerprint density at radius 2 is 1.28 bits per heavy atom. The zero-order valence-corrected chi connectivity index (χ0v) is 30.4. The molecule has 3 aromatic carbocycles. The molecule has 0 unspecified atom stereocenters. The highest BCUT2D eigenvalue weighted by Gasteiger charge is 2.36. The van der Waals surface area contributed by atoms with E-state index in [-0.39, 0.29) is 18.0 Å². The molecule has 2 saturated heterocycles. The van der Waals surface area contributed by atoms with Gasteiger partial charge in [0, 0.05) is 37.6 Å². The summed E-state index contributed by atoms with van der Waals surface area (Å²) in [5.41, 5.74) is 4.04. The molecule has 3 aromatic rings. The molecule has 5 rings (SSSR count). The van der Waals surface area contributed by atoms with Crippen LogP contribution in [0.1, 0.15) is 83.9 Å². The van der Waals surface area contributed by atoms with Gasteiger partial charge in [0.1, 0.15) is 17.2 Å². The van der Waals surface area contributed by atoms with Crippen molar-refractivity contribution in [2.45, 2.75) is 104 Å². The minimum Gasteiger partial charge on any atom is -0.444 e. The van der Waals surface area contributed by atoms with Crippen LogP contribution >= 0.6 is 0 Å². The molecule has 0 spiro atoms. The molecule has 1 N–H and O–H groups in total. The second kappa shape index (κ2) is 15.8. The van der Waals surface area contributed by atoms with E-state index in [9.17, 15) is 14.4 Å². The van der Waals surface area contributed by atoms with Gasteiger partial charge in [0.2, 0.25) is 5.91 Å². The summed E-state index contributed by atoms with van der Waals surface area (Å²) in [6.07, 6.45) is 6.77. The molecule has 2 fully saturated rings. The second-order valence-electron chi connectivity index (χ2n) is 15.2. The molecule has 2 heterocycles. The number of nitrogens with zero attached hydrogens (tertiary/aromatic N) is 3. The highest BCUT2D eigenvalue weighted by molar-refractivity contribution is 5.96. The Bertz CT molecular complexity index is 1620. The fraction of sp³-hybridized carbons (Fsp3) is 0.439. The molecule has 9 nitrogen and oxygen atoms in total. The Kier molecular flexibility index (Phi) is 11.6. The normalized spacial score (nSPS) is 18.0. The minimum absolute atomic E-state index is 0.0347. The summed E-state index contributed by atoms with van der Waals surface area (Å²) in [7, 11) is 0. The van der Waals surface area contributed by atoms with Crippen LogP contribution in [0.15, 0.2) is 84.9 Å². The summed E-state index contributed by atoms with van der Waals surface area (Å²) in [5.74, 6) is -0.200. The topological polar surface area (TPSA) is 91.4 Å². The van der Waals surface area contributed by atoms with Crippen molar-refractivity contribution in [2.75, 3.05) is 23.3 Å². The van der Waals surface area contributed by atoms with Crippen LogP contribution in [-0.4, -0.2) is 64.3 Å². The van der Waals surface area contributed by atoms with Gasteiger partial charge in [0.15, 0.2) is 0 Å². The number of hydrogen-bond donors (Lipinski definition) is 1. The molecule has 2 atom stereocenters. The molecule has 0 aromatic heterocycles. The number of likely N-dealkylation sites (tertiary alicyclic amines) is 2. The van der Waals surface area contributed by atoms with Crippen LogP contribution in [0.4, 0.5) is 21.0 Å². The SMILES string of the molecule is CC(C)(C)OC(=O)N1CCC[C@H]1C=Cc1ccc(CN(Cc2ccc(NC(=O)[C@@H]3CCCN3C(=O)OC(C)(C)C)cc2)c2ccccc2)cc1. The number of amides is 3. The Labute approximate surface area is 297 Å². The number of ether oxygens (including phenoxy) is 2. The predicted molar refractivity (Wildman–Crippen MR) is 199 cm³/mol. The summed E-state index contributed by atoms with van der Waals surface area (Å²) < 4.78 is 11.1. The van der Waals surface area contributed by atoms with Gasteiger partial charge < -0.3 is 24.6 Å². The van der Waals surface area contributed by atoms with Crippen molar-refractivity contribution >= 4 is 35.5 Å². The summed E-state index contributed by atoms with van der Waals surface area (Å²) in [4.78, 5) is 44.2. The first-order valence-electron chi connectivity index (χ1n) is 17.7. The Morgan fingerprint density at radius 3 is 1.88 bits per heavy atom. The van der Waals surface area contributed by atoms with E-state index in [1.165, 1.54) is 10.5 Å². The third-order valence-electron chi connectivity index (χ3n) is 8.69. The molecular formula is C41H52N4O5. The number of para-hydroxylation sites is 1. The maximum Gasteiger partial charge on any atom is 0.410 e. The summed E-state index contributed by atoms with van der Waals surface area (Å²) in [6.45, 7) is 13.8. The number of anilines is 2. The van der Waals surface area contributed by atoms with Gasteiger partial charge >= 0.3 is 12.2 Å². The van der Waals surface area contributed by atoms with Crippen LogP contribution in [0.5, 0.6) is 0 Å². The fourth-order valence-electron chi connectivity index (χ4n) is 6.31. The van der Waals surface area contributed by atoms with Crippen molar-refractivity contribution in [1.82, 2.24) is 9.80 Å². The zero-order chi connectivity index (χ0) is 35.9. The summed E-state index contributed by atoms with van der Waals surface area (Å²) in [6, 6.07) is 26.2. The molecule has 2 aliphatic rings. The van der Waals surface area contributed by atoms with Gasteiger partial charge in [-0.1, -0.05) is 66.7 Å². The molecule has 2 aliphatic heterocycles. The lowest BCUT2D eigenvalue weighted by molar-refractivity contribution is -0.120. The maximum atomic E-state index is 13.2. The number of hydrogen-bond acceptors (Lipinski definition) is 6. The molecule has 0 aliphatic carbocycles. The van der Waals surface area contributed by atoms with Gasteiger partial charge in [-0.25, -0.2) is 9.59 Å². The van der Waals surface area contributed by atoms with Gasteiger partial charge in [0.05, 0.1) is 6.04 Å². The minimum atomic E-state index is -0.617. The lowest BCUT2D eigenvalue weighted by Crippen LogP contribution is -2.45. The maximum absolute atomic E-state index is 13.2. The van der Waals surface area contributed by atoms with Crippen LogP contribution in [0.2, 0.25) is 0 Å². The van der Waals surface area contributed by atoms with Gasteiger partial charge in [-0.3, -0.25) is 9.69 Å². The number of rotatable bonds is 9. The molecule has 0 bridgehead atoms. The third kappa shape index (κ3) is 10.4. The standard InChI is InChI=1S/C41H52N4O5/c1-40(2,3)49-38(47)44-26-10-14-35(44)25-22-30-16-18-31(19-17-30)28-43(34-12-8-7-9-13-34)29-32-20-23-33(24-21-32)42-37(46)36-15-11-27-45(36)39(48)50-41(4,5)6/h7-9,12-13,16-25,35-36H,10-11,14-15,26-29H2,1-6H3,(H,42,46)/t35-,36-/m0/s1. The fourth-order valence-corrected chi connectivity index (χ4v) is 6.31. The quantitative estimate of drug-likeness (QED) is 0.243. The Morgan fingerprint density at radius 1 is 0.740 bits per heavy atom. The average molecular weight is 681 g/mol. The predicted octanol–water partition coefficient (Wildman–Crippen LogP) is 8.64. The largest absolute Gasteiger partial charge is 0.444 e. The van der Waals surface area contributed by atoms with E-state index in [1.807, 2.05) is 88.9 Å². The molecule has 0 radical (unpaired) electrons. The molecule has 9 heteroatoms. The van der Waals surface area contributed by atoms with Crippen LogP contribution in [0.25, 0.3) is 6.08 Å². The van der Waals surface area contributed by atoms with Gasteiger partial charge in [0.25, 0.3) is 0 Å². The van der Waals surface area contributed by atoms with E-state index >= 15 is 0 Å². The number of carbonyl (C=O) groups is 3. The number of carbonyl (C=O) groups excluding carboxylic acids is 3. The Balaban J connectivity index is 1.20. The number of nitrogens with one attached hydrogen (secondary N) is 1. The highest BCUT2D eigenvalue weighted by atomic mass is 16.6. The molecule has 0 saturated carbocycles. The van der Waals surface area contributed by atoms with E-state index < -0.39 is 23.3 Å². The smallest absolute Gasteiger partial charge is 0.410 e. The van der Waals surface area contributed by atoms with Gasteiger partial charge in [-0.2, -0.15) is 0 Å². The van der Waals surface area contributed by atoms with Crippen molar-refractivity contribution in [3.05, 3.63) is 102 Å². The monoisotopic (exact) mass is 680 g/mol. The molecule has 50 heavy (non-hydrogen) atoms. The second-order valence-corrected chi connectivity index (χ2v) is 15.2. The van der Waals surface area contributed by atoms with Crippen molar-refractivity contribution in [2.24, 2.45) is 0 Å². The van der Waals surface area contributed by atoms with Crippen molar-refractivity contribution in [3.8, 4) is 0 Å². The first kappa shape index (κ1) is 36.5. The van der Waals surface area contributed by atoms with Gasteiger partial charge in [-0.15, -0.1) is 0 Å². The van der Waals surface area contributed by atoms with Crippen molar-refractivity contribution in [3.63, 3.8) is 0 Å². The molecule has 3 amide bonds.